The third-order valence-electron chi connectivity index (χ3n) is 2.73. The molecule has 0 aliphatic carbocycles. The summed E-state index contributed by atoms with van der Waals surface area (Å²) >= 11 is 5.33. The summed E-state index contributed by atoms with van der Waals surface area (Å²) in [6, 6.07) is 10.5. The van der Waals surface area contributed by atoms with E-state index in [1.165, 1.54) is 4.88 Å². The lowest BCUT2D eigenvalue weighted by Crippen LogP contribution is -2.05. The molecule has 0 fully saturated rings. The third-order valence-corrected chi connectivity index (χ3v) is 4.78. The molecule has 0 bridgehead atoms. The van der Waals surface area contributed by atoms with Crippen molar-refractivity contribution in [3.05, 3.63) is 45.1 Å². The molecular formula is C15H18BrNOS. The monoisotopic (exact) mass is 339 g/mol. The van der Waals surface area contributed by atoms with E-state index in [9.17, 15) is 0 Å². The Balaban J connectivity index is 2.04. The molecule has 1 aromatic carbocycles. The molecule has 1 heterocycles. The summed E-state index contributed by atoms with van der Waals surface area (Å²) in [6.07, 6.45) is 1.02. The lowest BCUT2D eigenvalue weighted by Gasteiger charge is -2.15. The minimum atomic E-state index is 0.274. The topological polar surface area (TPSA) is 21.3 Å². The predicted octanol–water partition coefficient (Wildman–Crippen LogP) is 5.47. The molecule has 1 atom stereocenters. The van der Waals surface area contributed by atoms with E-state index in [2.05, 4.69) is 52.6 Å². The largest absolute Gasteiger partial charge is 0.494 e. The summed E-state index contributed by atoms with van der Waals surface area (Å²) in [5.41, 5.74) is 1.08. The third kappa shape index (κ3) is 3.98. The van der Waals surface area contributed by atoms with Crippen LogP contribution in [0.25, 0.3) is 0 Å². The smallest absolute Gasteiger partial charge is 0.121 e. The van der Waals surface area contributed by atoms with Crippen LogP contribution in [0.4, 0.5) is 5.69 Å². The van der Waals surface area contributed by atoms with Gasteiger partial charge in [0.05, 0.1) is 12.6 Å². The summed E-state index contributed by atoms with van der Waals surface area (Å²) in [5, 5.41) is 5.60. The van der Waals surface area contributed by atoms with Crippen molar-refractivity contribution in [1.29, 1.82) is 0 Å². The van der Waals surface area contributed by atoms with E-state index < -0.39 is 0 Å². The van der Waals surface area contributed by atoms with Crippen molar-refractivity contribution in [2.24, 2.45) is 0 Å². The lowest BCUT2D eigenvalue weighted by molar-refractivity contribution is 0.317. The van der Waals surface area contributed by atoms with Gasteiger partial charge in [-0.05, 0) is 52.9 Å². The van der Waals surface area contributed by atoms with Gasteiger partial charge in [0.15, 0.2) is 0 Å². The van der Waals surface area contributed by atoms with Gasteiger partial charge < -0.3 is 10.1 Å². The summed E-state index contributed by atoms with van der Waals surface area (Å²) in [5.74, 6) is 0.921. The van der Waals surface area contributed by atoms with Crippen LogP contribution >= 0.6 is 27.3 Å². The van der Waals surface area contributed by atoms with Crippen molar-refractivity contribution in [2.75, 3.05) is 11.9 Å². The van der Waals surface area contributed by atoms with Crippen LogP contribution in [0.1, 0.15) is 31.2 Å². The van der Waals surface area contributed by atoms with Gasteiger partial charge in [-0.25, -0.2) is 0 Å². The molecule has 0 saturated heterocycles. The Morgan fingerprint density at radius 1 is 1.37 bits per heavy atom. The summed E-state index contributed by atoms with van der Waals surface area (Å²) < 4.78 is 6.81. The SMILES string of the molecule is CCCOc1cccc(NC(C)c2sccc2Br)c1. The minimum absolute atomic E-state index is 0.274. The van der Waals surface area contributed by atoms with Crippen molar-refractivity contribution in [3.63, 3.8) is 0 Å². The van der Waals surface area contributed by atoms with Crippen LogP contribution in [0.5, 0.6) is 5.75 Å². The molecule has 4 heteroatoms. The standard InChI is InChI=1S/C15H18BrNOS/c1-3-8-18-13-6-4-5-12(10-13)17-11(2)15-14(16)7-9-19-15/h4-7,9-11,17H,3,8H2,1-2H3. The quantitative estimate of drug-likeness (QED) is 0.753. The highest BCUT2D eigenvalue weighted by Crippen LogP contribution is 2.31. The van der Waals surface area contributed by atoms with Gasteiger partial charge in [-0.1, -0.05) is 13.0 Å². The van der Waals surface area contributed by atoms with E-state index in [4.69, 9.17) is 4.74 Å². The summed E-state index contributed by atoms with van der Waals surface area (Å²) in [4.78, 5) is 1.31. The minimum Gasteiger partial charge on any atom is -0.494 e. The fraction of sp³-hybridized carbons (Fsp3) is 0.333. The van der Waals surface area contributed by atoms with Crippen LogP contribution in [0, 0.1) is 0 Å². The Labute approximate surface area is 126 Å². The van der Waals surface area contributed by atoms with Crippen LogP contribution < -0.4 is 10.1 Å². The van der Waals surface area contributed by atoms with E-state index in [0.717, 1.165) is 28.9 Å². The van der Waals surface area contributed by atoms with E-state index in [-0.39, 0.29) is 6.04 Å². The van der Waals surface area contributed by atoms with E-state index in [1.54, 1.807) is 11.3 Å². The number of thiophene rings is 1. The average molecular weight is 340 g/mol. The molecule has 102 valence electrons. The molecule has 19 heavy (non-hydrogen) atoms. The van der Waals surface area contributed by atoms with Crippen LogP contribution in [0.2, 0.25) is 0 Å². The fourth-order valence-electron chi connectivity index (χ4n) is 1.83. The molecule has 0 radical (unpaired) electrons. The van der Waals surface area contributed by atoms with Gasteiger partial charge in [-0.2, -0.15) is 0 Å². The maximum absolute atomic E-state index is 5.65. The fourth-order valence-corrected chi connectivity index (χ4v) is 3.55. The second kappa shape index (κ2) is 6.96. The molecule has 2 nitrogen and oxygen atoms in total. The Kier molecular flexibility index (Phi) is 5.28. The zero-order chi connectivity index (χ0) is 13.7. The number of rotatable bonds is 6. The first kappa shape index (κ1) is 14.4. The molecule has 1 aromatic heterocycles. The van der Waals surface area contributed by atoms with Gasteiger partial charge in [0.25, 0.3) is 0 Å². The van der Waals surface area contributed by atoms with Crippen molar-refractivity contribution in [1.82, 2.24) is 0 Å². The number of halogens is 1. The van der Waals surface area contributed by atoms with Gasteiger partial charge in [0.1, 0.15) is 5.75 Å². The first-order chi connectivity index (χ1) is 9.20. The van der Waals surface area contributed by atoms with Crippen LogP contribution in [0.3, 0.4) is 0 Å². The van der Waals surface area contributed by atoms with E-state index >= 15 is 0 Å². The van der Waals surface area contributed by atoms with E-state index in [0.29, 0.717) is 0 Å². The molecule has 1 unspecified atom stereocenters. The normalized spacial score (nSPS) is 12.2. The number of nitrogens with one attached hydrogen (secondary N) is 1. The van der Waals surface area contributed by atoms with Crippen molar-refractivity contribution in [3.8, 4) is 5.75 Å². The highest BCUT2D eigenvalue weighted by molar-refractivity contribution is 9.10. The zero-order valence-electron chi connectivity index (χ0n) is 11.2. The van der Waals surface area contributed by atoms with Gasteiger partial charge in [-0.3, -0.25) is 0 Å². The Morgan fingerprint density at radius 2 is 2.21 bits per heavy atom. The van der Waals surface area contributed by atoms with Crippen LogP contribution in [0.15, 0.2) is 40.2 Å². The number of ether oxygens (including phenoxy) is 1. The molecule has 0 aliphatic heterocycles. The van der Waals surface area contributed by atoms with Gasteiger partial charge in [0.2, 0.25) is 0 Å². The second-order valence-corrected chi connectivity index (χ2v) is 6.18. The highest BCUT2D eigenvalue weighted by atomic mass is 79.9. The number of benzene rings is 1. The number of anilines is 1. The Bertz CT molecular complexity index is 526. The molecule has 1 N–H and O–H groups in total. The Morgan fingerprint density at radius 3 is 2.89 bits per heavy atom. The maximum Gasteiger partial charge on any atom is 0.121 e. The predicted molar refractivity (Wildman–Crippen MR) is 86.3 cm³/mol. The lowest BCUT2D eigenvalue weighted by atomic mass is 10.2. The maximum atomic E-state index is 5.65. The Hall–Kier alpha value is -1.00. The van der Waals surface area contributed by atoms with Gasteiger partial charge in [-0.15, -0.1) is 11.3 Å². The highest BCUT2D eigenvalue weighted by Gasteiger charge is 2.10. The first-order valence-electron chi connectivity index (χ1n) is 6.43. The summed E-state index contributed by atoms with van der Waals surface area (Å²) in [6.45, 7) is 5.03. The molecule has 0 saturated carbocycles. The first-order valence-corrected chi connectivity index (χ1v) is 8.10. The molecule has 2 aromatic rings. The van der Waals surface area contributed by atoms with Crippen LogP contribution in [-0.2, 0) is 0 Å². The molecule has 0 amide bonds. The van der Waals surface area contributed by atoms with Gasteiger partial charge >= 0.3 is 0 Å². The molecule has 2 rings (SSSR count). The van der Waals surface area contributed by atoms with E-state index in [1.807, 2.05) is 18.2 Å². The van der Waals surface area contributed by atoms with Crippen LogP contribution in [-0.4, -0.2) is 6.61 Å². The molecule has 0 spiro atoms. The average Bonchev–Trinajstić information content (AvgIpc) is 2.83. The van der Waals surface area contributed by atoms with Crippen molar-refractivity contribution >= 4 is 33.0 Å². The second-order valence-electron chi connectivity index (χ2n) is 4.38. The zero-order valence-corrected chi connectivity index (χ0v) is 13.6. The number of hydrogen-bond donors (Lipinski definition) is 1. The van der Waals surface area contributed by atoms with Crippen molar-refractivity contribution < 1.29 is 4.74 Å². The van der Waals surface area contributed by atoms with Gasteiger partial charge in [0, 0.05) is 21.1 Å². The van der Waals surface area contributed by atoms with Crippen molar-refractivity contribution in [2.45, 2.75) is 26.3 Å². The number of hydrogen-bond acceptors (Lipinski definition) is 3. The molecule has 0 aliphatic rings. The summed E-state index contributed by atoms with van der Waals surface area (Å²) in [7, 11) is 0. The molecular weight excluding hydrogens is 322 g/mol.